The highest BCUT2D eigenvalue weighted by atomic mass is 16.5. The summed E-state index contributed by atoms with van der Waals surface area (Å²) in [6.07, 6.45) is 0. The van der Waals surface area contributed by atoms with E-state index in [0.717, 1.165) is 29.9 Å². The Morgan fingerprint density at radius 1 is 0.880 bits per heavy atom. The molecule has 0 heterocycles. The van der Waals surface area contributed by atoms with Crippen LogP contribution in [0.2, 0.25) is 0 Å². The third-order valence-corrected chi connectivity index (χ3v) is 4.39. The number of Topliss-reactive ketones (excluding diaryl/α,β-unsaturated/α-hetero) is 1. The van der Waals surface area contributed by atoms with Gasteiger partial charge >= 0.3 is 5.97 Å². The number of carbonyl (C=O) groups excluding carboxylic acids is 2. The summed E-state index contributed by atoms with van der Waals surface area (Å²) in [5.41, 5.74) is 4.25. The molecule has 0 spiro atoms. The van der Waals surface area contributed by atoms with Gasteiger partial charge in [0.1, 0.15) is 0 Å². The van der Waals surface area contributed by atoms with Gasteiger partial charge in [-0.05, 0) is 69.2 Å². The van der Waals surface area contributed by atoms with Crippen molar-refractivity contribution in [3.05, 3.63) is 64.7 Å². The lowest BCUT2D eigenvalue weighted by Gasteiger charge is -2.20. The number of hydrogen-bond acceptors (Lipinski definition) is 4. The highest BCUT2D eigenvalue weighted by molar-refractivity contribution is 5.99. The summed E-state index contributed by atoms with van der Waals surface area (Å²) in [4.78, 5) is 26.5. The quantitative estimate of drug-likeness (QED) is 0.560. The number of anilines is 1. The third-order valence-electron chi connectivity index (χ3n) is 4.39. The number of ketones is 1. The first-order chi connectivity index (χ1) is 12.0. The van der Waals surface area contributed by atoms with Gasteiger partial charge in [0.25, 0.3) is 0 Å². The second-order valence-electron chi connectivity index (χ2n) is 6.02. The standard InChI is InChI=1S/C21H25NO3/c1-5-22(6-2)19-11-9-17(10-12-19)21(24)25-14-20(23)18-8-7-15(3)16(4)13-18/h7-13H,5-6,14H2,1-4H3. The molecule has 0 unspecified atom stereocenters. The maximum absolute atomic E-state index is 12.2. The van der Waals surface area contributed by atoms with Crippen molar-refractivity contribution in [3.8, 4) is 0 Å². The second kappa shape index (κ2) is 8.47. The fourth-order valence-corrected chi connectivity index (χ4v) is 2.61. The van der Waals surface area contributed by atoms with E-state index in [1.54, 1.807) is 18.2 Å². The Balaban J connectivity index is 1.97. The van der Waals surface area contributed by atoms with Gasteiger partial charge in [-0.1, -0.05) is 12.1 Å². The van der Waals surface area contributed by atoms with Crippen LogP contribution in [-0.2, 0) is 4.74 Å². The van der Waals surface area contributed by atoms with Crippen LogP contribution in [0.1, 0.15) is 45.7 Å². The van der Waals surface area contributed by atoms with E-state index in [-0.39, 0.29) is 12.4 Å². The molecule has 0 aliphatic carbocycles. The molecule has 2 aromatic carbocycles. The van der Waals surface area contributed by atoms with Gasteiger partial charge in [0.15, 0.2) is 12.4 Å². The van der Waals surface area contributed by atoms with Crippen molar-refractivity contribution in [2.75, 3.05) is 24.6 Å². The molecule has 0 aliphatic rings. The molecule has 0 bridgehead atoms. The Labute approximate surface area is 149 Å². The molecule has 0 saturated heterocycles. The fraction of sp³-hybridized carbons (Fsp3) is 0.333. The maximum atomic E-state index is 12.2. The zero-order valence-electron chi connectivity index (χ0n) is 15.3. The molecule has 0 aromatic heterocycles. The molecule has 25 heavy (non-hydrogen) atoms. The molecular weight excluding hydrogens is 314 g/mol. The predicted octanol–water partition coefficient (Wildman–Crippen LogP) is 4.19. The minimum absolute atomic E-state index is 0.198. The van der Waals surface area contributed by atoms with E-state index in [2.05, 4.69) is 18.7 Å². The topological polar surface area (TPSA) is 46.6 Å². The molecule has 2 aromatic rings. The Kier molecular flexibility index (Phi) is 6.34. The van der Waals surface area contributed by atoms with Gasteiger partial charge in [-0.25, -0.2) is 4.79 Å². The number of benzene rings is 2. The molecule has 4 nitrogen and oxygen atoms in total. The number of nitrogens with zero attached hydrogens (tertiary/aromatic N) is 1. The number of ether oxygens (including phenoxy) is 1. The Morgan fingerprint density at radius 2 is 1.48 bits per heavy atom. The first-order valence-corrected chi connectivity index (χ1v) is 8.58. The predicted molar refractivity (Wildman–Crippen MR) is 101 cm³/mol. The van der Waals surface area contributed by atoms with Gasteiger partial charge < -0.3 is 9.64 Å². The van der Waals surface area contributed by atoms with Crippen molar-refractivity contribution in [2.45, 2.75) is 27.7 Å². The molecule has 0 amide bonds. The molecule has 0 fully saturated rings. The lowest BCUT2D eigenvalue weighted by molar-refractivity contribution is 0.0475. The van der Waals surface area contributed by atoms with E-state index in [9.17, 15) is 9.59 Å². The van der Waals surface area contributed by atoms with Crippen LogP contribution < -0.4 is 4.90 Å². The largest absolute Gasteiger partial charge is 0.454 e. The van der Waals surface area contributed by atoms with E-state index in [4.69, 9.17) is 4.74 Å². The molecule has 0 radical (unpaired) electrons. The Bertz CT molecular complexity index is 746. The van der Waals surface area contributed by atoms with Crippen molar-refractivity contribution in [1.82, 2.24) is 0 Å². The molecule has 0 saturated carbocycles. The Morgan fingerprint density at radius 3 is 2.04 bits per heavy atom. The van der Waals surface area contributed by atoms with Crippen molar-refractivity contribution >= 4 is 17.4 Å². The van der Waals surface area contributed by atoms with E-state index < -0.39 is 5.97 Å². The molecule has 0 aliphatic heterocycles. The molecular formula is C21H25NO3. The van der Waals surface area contributed by atoms with Crippen LogP contribution in [0, 0.1) is 13.8 Å². The van der Waals surface area contributed by atoms with Crippen molar-refractivity contribution < 1.29 is 14.3 Å². The van der Waals surface area contributed by atoms with E-state index in [1.165, 1.54) is 0 Å². The van der Waals surface area contributed by atoms with Crippen LogP contribution in [0.3, 0.4) is 0 Å². The van der Waals surface area contributed by atoms with Gasteiger partial charge in [0, 0.05) is 24.3 Å². The fourth-order valence-electron chi connectivity index (χ4n) is 2.61. The first-order valence-electron chi connectivity index (χ1n) is 8.58. The van der Waals surface area contributed by atoms with Crippen LogP contribution in [0.15, 0.2) is 42.5 Å². The van der Waals surface area contributed by atoms with Gasteiger partial charge in [-0.3, -0.25) is 4.79 Å². The molecule has 2 rings (SSSR count). The van der Waals surface area contributed by atoms with Gasteiger partial charge in [-0.2, -0.15) is 0 Å². The summed E-state index contributed by atoms with van der Waals surface area (Å²) >= 11 is 0. The van der Waals surface area contributed by atoms with E-state index in [1.807, 2.05) is 38.1 Å². The number of aryl methyl sites for hydroxylation is 2. The first kappa shape index (κ1) is 18.7. The van der Waals surface area contributed by atoms with E-state index >= 15 is 0 Å². The summed E-state index contributed by atoms with van der Waals surface area (Å²) in [5.74, 6) is -0.681. The van der Waals surface area contributed by atoms with Crippen LogP contribution in [-0.4, -0.2) is 31.4 Å². The van der Waals surface area contributed by atoms with Gasteiger partial charge in [0.2, 0.25) is 0 Å². The number of hydrogen-bond donors (Lipinski definition) is 0. The minimum atomic E-state index is -0.483. The van der Waals surface area contributed by atoms with Crippen LogP contribution in [0.25, 0.3) is 0 Å². The van der Waals surface area contributed by atoms with E-state index in [0.29, 0.717) is 11.1 Å². The van der Waals surface area contributed by atoms with Gasteiger partial charge in [-0.15, -0.1) is 0 Å². The summed E-state index contributed by atoms with van der Waals surface area (Å²) < 4.78 is 5.17. The third kappa shape index (κ3) is 4.69. The Hall–Kier alpha value is -2.62. The lowest BCUT2D eigenvalue weighted by Crippen LogP contribution is -2.21. The van der Waals surface area contributed by atoms with Crippen molar-refractivity contribution in [2.24, 2.45) is 0 Å². The number of esters is 1. The van der Waals surface area contributed by atoms with Crippen molar-refractivity contribution in [3.63, 3.8) is 0 Å². The zero-order valence-corrected chi connectivity index (χ0v) is 15.3. The summed E-state index contributed by atoms with van der Waals surface area (Å²) in [5, 5.41) is 0. The van der Waals surface area contributed by atoms with Crippen LogP contribution >= 0.6 is 0 Å². The summed E-state index contributed by atoms with van der Waals surface area (Å²) in [6, 6.07) is 12.7. The van der Waals surface area contributed by atoms with Gasteiger partial charge in [0.05, 0.1) is 5.56 Å². The normalized spacial score (nSPS) is 10.4. The second-order valence-corrected chi connectivity index (χ2v) is 6.02. The number of carbonyl (C=O) groups is 2. The smallest absolute Gasteiger partial charge is 0.338 e. The molecule has 4 heteroatoms. The number of rotatable bonds is 7. The summed E-state index contributed by atoms with van der Waals surface area (Å²) in [7, 11) is 0. The molecule has 0 atom stereocenters. The molecule has 132 valence electrons. The average Bonchev–Trinajstić information content (AvgIpc) is 2.63. The SMILES string of the molecule is CCN(CC)c1ccc(C(=O)OCC(=O)c2ccc(C)c(C)c2)cc1. The maximum Gasteiger partial charge on any atom is 0.338 e. The average molecular weight is 339 g/mol. The highest BCUT2D eigenvalue weighted by Crippen LogP contribution is 2.16. The van der Waals surface area contributed by atoms with Crippen molar-refractivity contribution in [1.29, 1.82) is 0 Å². The minimum Gasteiger partial charge on any atom is -0.454 e. The zero-order chi connectivity index (χ0) is 18.4. The van der Waals surface area contributed by atoms with Crippen LogP contribution in [0.4, 0.5) is 5.69 Å². The molecule has 0 N–H and O–H groups in total. The monoisotopic (exact) mass is 339 g/mol. The van der Waals surface area contributed by atoms with Crippen LogP contribution in [0.5, 0.6) is 0 Å². The lowest BCUT2D eigenvalue weighted by atomic mass is 10.0. The highest BCUT2D eigenvalue weighted by Gasteiger charge is 2.13. The summed E-state index contributed by atoms with van der Waals surface area (Å²) in [6.45, 7) is 9.68.